The van der Waals surface area contributed by atoms with Crippen molar-refractivity contribution in [3.63, 3.8) is 0 Å². The van der Waals surface area contributed by atoms with Crippen molar-refractivity contribution in [1.82, 2.24) is 0 Å². The fourth-order valence-electron chi connectivity index (χ4n) is 9.32. The molecule has 0 aromatic rings. The molecule has 10 heteroatoms. The van der Waals surface area contributed by atoms with Crippen molar-refractivity contribution < 1.29 is 48.0 Å². The van der Waals surface area contributed by atoms with E-state index in [2.05, 4.69) is 6.08 Å². The van der Waals surface area contributed by atoms with Crippen molar-refractivity contribution in [3.8, 4) is 0 Å². The molecule has 3 aliphatic carbocycles. The predicted molar refractivity (Wildman–Crippen MR) is 128 cm³/mol. The summed E-state index contributed by atoms with van der Waals surface area (Å²) in [6.45, 7) is 4.11. The van der Waals surface area contributed by atoms with Gasteiger partial charge in [-0.1, -0.05) is 6.08 Å². The zero-order valence-corrected chi connectivity index (χ0v) is 21.6. The van der Waals surface area contributed by atoms with Gasteiger partial charge >= 0.3 is 17.9 Å². The van der Waals surface area contributed by atoms with Gasteiger partial charge in [-0.3, -0.25) is 9.59 Å². The summed E-state index contributed by atoms with van der Waals surface area (Å²) in [7, 11) is 0. The molecule has 9 unspecified atom stereocenters. The second kappa shape index (κ2) is 7.56. The van der Waals surface area contributed by atoms with Gasteiger partial charge in [0.25, 0.3) is 0 Å². The number of aliphatic hydroxyl groups excluding tert-OH is 1. The van der Waals surface area contributed by atoms with Gasteiger partial charge in [-0.2, -0.15) is 0 Å². The molecular weight excluding hydrogens is 508 g/mol. The lowest BCUT2D eigenvalue weighted by Crippen LogP contribution is -2.70. The van der Waals surface area contributed by atoms with Crippen molar-refractivity contribution in [2.24, 2.45) is 22.7 Å². The first-order chi connectivity index (χ1) is 18.8. The highest BCUT2D eigenvalue weighted by atomic mass is 16.6. The Morgan fingerprint density at radius 3 is 2.49 bits per heavy atom. The van der Waals surface area contributed by atoms with E-state index in [1.807, 2.05) is 6.92 Å². The first-order valence-corrected chi connectivity index (χ1v) is 13.7. The summed E-state index contributed by atoms with van der Waals surface area (Å²) >= 11 is 0. The summed E-state index contributed by atoms with van der Waals surface area (Å²) in [6.07, 6.45) is 0.120. The number of rotatable bonds is 1. The van der Waals surface area contributed by atoms with E-state index in [0.29, 0.717) is 41.4 Å². The van der Waals surface area contributed by atoms with Gasteiger partial charge in [-0.25, -0.2) is 9.59 Å². The van der Waals surface area contributed by atoms with Crippen LogP contribution in [0.25, 0.3) is 0 Å². The second-order valence-corrected chi connectivity index (χ2v) is 11.8. The first kappa shape index (κ1) is 23.8. The Hall–Kier alpha value is -3.08. The van der Waals surface area contributed by atoms with Gasteiger partial charge in [0.05, 0.1) is 48.8 Å². The fraction of sp³-hybridized carbons (Fsp3) is 0.586. The molecule has 204 valence electrons. The van der Waals surface area contributed by atoms with E-state index >= 15 is 0 Å². The topological polar surface area (TPSA) is 135 Å². The Labute approximate surface area is 223 Å². The summed E-state index contributed by atoms with van der Waals surface area (Å²) in [5.41, 5.74) is 1.28. The number of aliphatic hydroxyl groups is 1. The number of hydrogen-bond acceptors (Lipinski definition) is 10. The summed E-state index contributed by atoms with van der Waals surface area (Å²) in [6, 6.07) is 0. The molecule has 2 saturated heterocycles. The average Bonchev–Trinajstić information content (AvgIpc) is 2.91. The second-order valence-electron chi connectivity index (χ2n) is 11.8. The molecule has 9 atom stereocenters. The van der Waals surface area contributed by atoms with Gasteiger partial charge in [-0.15, -0.1) is 0 Å². The van der Waals surface area contributed by atoms with Crippen LogP contribution in [0.5, 0.6) is 0 Å². The summed E-state index contributed by atoms with van der Waals surface area (Å²) < 4.78 is 29.6. The van der Waals surface area contributed by atoms with Crippen LogP contribution in [0.15, 0.2) is 45.1 Å². The Kier molecular flexibility index (Phi) is 4.61. The third kappa shape index (κ3) is 2.50. The monoisotopic (exact) mass is 536 g/mol. The maximum atomic E-state index is 13.9. The molecule has 6 aliphatic heterocycles. The van der Waals surface area contributed by atoms with Crippen molar-refractivity contribution >= 4 is 24.2 Å². The Bertz CT molecular complexity index is 1410. The van der Waals surface area contributed by atoms with Crippen molar-refractivity contribution in [2.75, 3.05) is 19.8 Å². The molecule has 9 aliphatic rings. The number of fused-ring (bicyclic) bond motifs is 2. The van der Waals surface area contributed by atoms with Crippen LogP contribution in [-0.4, -0.2) is 79.6 Å². The molecule has 9 rings (SSSR count). The van der Waals surface area contributed by atoms with Crippen LogP contribution >= 0.6 is 0 Å². The summed E-state index contributed by atoms with van der Waals surface area (Å²) in [5, 5.41) is 12.0. The molecule has 0 amide bonds. The highest BCUT2D eigenvalue weighted by Crippen LogP contribution is 2.69. The van der Waals surface area contributed by atoms with Crippen molar-refractivity contribution in [3.05, 3.63) is 45.1 Å². The van der Waals surface area contributed by atoms with Crippen molar-refractivity contribution in [2.45, 2.75) is 63.6 Å². The lowest BCUT2D eigenvalue weighted by atomic mass is 9.44. The molecule has 10 nitrogen and oxygen atoms in total. The van der Waals surface area contributed by atoms with Crippen LogP contribution in [0.4, 0.5) is 0 Å². The van der Waals surface area contributed by atoms with Crippen molar-refractivity contribution in [1.29, 1.82) is 0 Å². The van der Waals surface area contributed by atoms with E-state index in [9.17, 15) is 24.3 Å². The summed E-state index contributed by atoms with van der Waals surface area (Å²) in [4.78, 5) is 52.4. The van der Waals surface area contributed by atoms with E-state index in [1.54, 1.807) is 6.92 Å². The molecule has 0 saturated carbocycles. The average molecular weight is 537 g/mol. The molecule has 0 aromatic carbocycles. The van der Waals surface area contributed by atoms with E-state index in [1.165, 1.54) is 0 Å². The van der Waals surface area contributed by atoms with Crippen LogP contribution in [0.2, 0.25) is 0 Å². The number of aldehydes is 1. The third-order valence-electron chi connectivity index (χ3n) is 10.7. The Balaban J connectivity index is 1.45. The number of esters is 3. The minimum absolute atomic E-state index is 0.000565. The maximum absolute atomic E-state index is 13.9. The molecule has 39 heavy (non-hydrogen) atoms. The molecule has 2 bridgehead atoms. The van der Waals surface area contributed by atoms with Gasteiger partial charge in [0.15, 0.2) is 0 Å². The minimum atomic E-state index is -1.76. The zero-order valence-electron chi connectivity index (χ0n) is 21.6. The minimum Gasteiger partial charge on any atom is -0.465 e. The highest BCUT2D eigenvalue weighted by molar-refractivity contribution is 5.99. The fourth-order valence-corrected chi connectivity index (χ4v) is 9.32. The van der Waals surface area contributed by atoms with Gasteiger partial charge < -0.3 is 28.8 Å². The van der Waals surface area contributed by atoms with Crippen LogP contribution in [0, 0.1) is 22.7 Å². The standard InChI is InChI=1S/C29H28O10/c1-11-14(9-30)15-3-6-36-27(34)29(15)23(31)22-19-13(10-37-26(22)33)8-28-12(2)39-18(7-17(28)21(19)24(29)38-11)20-16(28)4-5-35-25(20)32/h8-9,11-12,17-18,21,23-24,31H,3-7,10H2,1-2H3. The van der Waals surface area contributed by atoms with E-state index in [-0.39, 0.29) is 49.8 Å². The molecule has 0 aromatic heterocycles. The first-order valence-electron chi connectivity index (χ1n) is 13.7. The van der Waals surface area contributed by atoms with Gasteiger partial charge in [0.2, 0.25) is 0 Å². The Morgan fingerprint density at radius 1 is 0.949 bits per heavy atom. The number of carbonyl (C=O) groups excluding carboxylic acids is 4. The predicted octanol–water partition coefficient (Wildman–Crippen LogP) is 1.02. The molecule has 6 heterocycles. The zero-order chi connectivity index (χ0) is 27.0. The molecule has 2 spiro atoms. The van der Waals surface area contributed by atoms with Gasteiger partial charge in [-0.05, 0) is 48.5 Å². The number of carbonyl (C=O) groups is 4. The van der Waals surface area contributed by atoms with E-state index in [4.69, 9.17) is 23.7 Å². The largest absolute Gasteiger partial charge is 0.465 e. The van der Waals surface area contributed by atoms with E-state index < -0.39 is 53.1 Å². The lowest BCUT2D eigenvalue weighted by molar-refractivity contribution is -0.211. The van der Waals surface area contributed by atoms with Crippen LogP contribution in [0.1, 0.15) is 33.1 Å². The molecule has 2 fully saturated rings. The summed E-state index contributed by atoms with van der Waals surface area (Å²) in [5.74, 6) is -2.46. The van der Waals surface area contributed by atoms with Crippen LogP contribution in [0.3, 0.4) is 0 Å². The quantitative estimate of drug-likeness (QED) is 0.294. The SMILES string of the molecule is CC1OC2C3C4=C(C(=O)OCC4=CC45C6=C(C(=O)OCC6)C(CC34)OC5C)C(O)C23C(=O)OCCC3=C1C=O. The molecule has 1 N–H and O–H groups in total. The highest BCUT2D eigenvalue weighted by Gasteiger charge is 2.73. The van der Waals surface area contributed by atoms with Gasteiger partial charge in [0, 0.05) is 29.7 Å². The number of cyclic esters (lactones) is 3. The van der Waals surface area contributed by atoms with Crippen LogP contribution in [-0.2, 0) is 42.9 Å². The molecule has 0 radical (unpaired) electrons. The van der Waals surface area contributed by atoms with Crippen LogP contribution < -0.4 is 0 Å². The van der Waals surface area contributed by atoms with Gasteiger partial charge in [0.1, 0.15) is 24.4 Å². The smallest absolute Gasteiger partial charge is 0.337 e. The normalized spacial score (nSPS) is 45.7. The maximum Gasteiger partial charge on any atom is 0.337 e. The molecular formula is C29H28O10. The third-order valence-corrected chi connectivity index (χ3v) is 10.7. The number of ether oxygens (including phenoxy) is 5. The van der Waals surface area contributed by atoms with E-state index in [0.717, 1.165) is 11.1 Å². The Morgan fingerprint density at radius 2 is 1.69 bits per heavy atom. The lowest BCUT2D eigenvalue weighted by Gasteiger charge is -2.65. The number of hydrogen-bond donors (Lipinski definition) is 1.